The number of benzene rings is 2. The summed E-state index contributed by atoms with van der Waals surface area (Å²) in [6, 6.07) is 6.63. The van der Waals surface area contributed by atoms with E-state index in [1.54, 1.807) is 6.92 Å². The monoisotopic (exact) mass is 349 g/mol. The van der Waals surface area contributed by atoms with Gasteiger partial charge in [0.2, 0.25) is 0 Å². The molecule has 118 valence electrons. The minimum atomic E-state index is -4.44. The second-order valence-corrected chi connectivity index (χ2v) is 5.49. The van der Waals surface area contributed by atoms with Gasteiger partial charge in [-0.1, -0.05) is 41.4 Å². The van der Waals surface area contributed by atoms with Gasteiger partial charge in [-0.15, -0.1) is 0 Å². The number of phenolic OH excluding ortho intramolecular Hbond substituents is 1. The zero-order valence-corrected chi connectivity index (χ0v) is 12.9. The first-order valence-electron chi connectivity index (χ1n) is 6.28. The normalized spacial score (nSPS) is 11.5. The Kier molecular flexibility index (Phi) is 4.78. The molecule has 0 radical (unpaired) electrons. The van der Waals surface area contributed by atoms with E-state index in [0.717, 1.165) is 6.07 Å². The average molecular weight is 350 g/mol. The fourth-order valence-corrected chi connectivity index (χ4v) is 2.44. The SMILES string of the molecule is Cc1c(Cl)cc(NCc2ccccc2C(F)(F)F)c(O)c1Cl. The standard InChI is InChI=1S/C15H12Cl2F3NO/c1-8-11(16)6-12(14(22)13(8)17)21-7-9-4-2-3-5-10(9)15(18,19)20/h2-6,21-22H,7H2,1H3. The Bertz CT molecular complexity index is 702. The molecule has 0 aliphatic heterocycles. The number of hydrogen-bond donors (Lipinski definition) is 2. The summed E-state index contributed by atoms with van der Waals surface area (Å²) in [4.78, 5) is 0. The number of hydrogen-bond acceptors (Lipinski definition) is 2. The van der Waals surface area contributed by atoms with E-state index in [9.17, 15) is 18.3 Å². The van der Waals surface area contributed by atoms with Gasteiger partial charge in [0.1, 0.15) is 0 Å². The van der Waals surface area contributed by atoms with E-state index >= 15 is 0 Å². The van der Waals surface area contributed by atoms with Crippen LogP contribution >= 0.6 is 23.2 Å². The Balaban J connectivity index is 2.29. The van der Waals surface area contributed by atoms with Crippen LogP contribution in [0.3, 0.4) is 0 Å². The number of rotatable bonds is 3. The summed E-state index contributed by atoms with van der Waals surface area (Å²) in [6.07, 6.45) is -4.44. The van der Waals surface area contributed by atoms with E-state index < -0.39 is 11.7 Å². The highest BCUT2D eigenvalue weighted by atomic mass is 35.5. The lowest BCUT2D eigenvalue weighted by Crippen LogP contribution is -2.11. The molecule has 2 rings (SSSR count). The van der Waals surface area contributed by atoms with E-state index in [1.807, 2.05) is 0 Å². The zero-order chi connectivity index (χ0) is 16.5. The summed E-state index contributed by atoms with van der Waals surface area (Å²) in [6.45, 7) is 1.51. The molecule has 0 saturated carbocycles. The summed E-state index contributed by atoms with van der Waals surface area (Å²) in [7, 11) is 0. The Morgan fingerprint density at radius 3 is 2.45 bits per heavy atom. The molecule has 0 bridgehead atoms. The van der Waals surface area contributed by atoms with Crippen LogP contribution in [0.5, 0.6) is 5.75 Å². The summed E-state index contributed by atoms with van der Waals surface area (Å²) in [5.74, 6) is -0.243. The number of nitrogens with one attached hydrogen (secondary N) is 1. The van der Waals surface area contributed by atoms with Crippen molar-refractivity contribution in [2.75, 3.05) is 5.32 Å². The van der Waals surface area contributed by atoms with Crippen LogP contribution in [0.1, 0.15) is 16.7 Å². The molecule has 2 aromatic carbocycles. The number of aromatic hydroxyl groups is 1. The van der Waals surface area contributed by atoms with Crippen LogP contribution < -0.4 is 5.32 Å². The highest BCUT2D eigenvalue weighted by Crippen LogP contribution is 2.39. The van der Waals surface area contributed by atoms with Crippen molar-refractivity contribution < 1.29 is 18.3 Å². The molecule has 0 heterocycles. The van der Waals surface area contributed by atoms with Gasteiger partial charge >= 0.3 is 6.18 Å². The molecule has 0 spiro atoms. The molecule has 0 aliphatic rings. The number of alkyl halides is 3. The third-order valence-corrected chi connectivity index (χ3v) is 4.07. The van der Waals surface area contributed by atoms with Crippen LogP contribution in [-0.4, -0.2) is 5.11 Å². The molecule has 2 nitrogen and oxygen atoms in total. The van der Waals surface area contributed by atoms with E-state index in [1.165, 1.54) is 24.3 Å². The minimum Gasteiger partial charge on any atom is -0.504 e. The fourth-order valence-electron chi connectivity index (χ4n) is 1.98. The summed E-state index contributed by atoms with van der Waals surface area (Å²) in [5, 5.41) is 13.0. The van der Waals surface area contributed by atoms with Crippen molar-refractivity contribution in [3.63, 3.8) is 0 Å². The van der Waals surface area contributed by atoms with Crippen molar-refractivity contribution in [2.24, 2.45) is 0 Å². The van der Waals surface area contributed by atoms with Gasteiger partial charge in [-0.05, 0) is 30.2 Å². The topological polar surface area (TPSA) is 32.3 Å². The molecule has 2 aromatic rings. The van der Waals surface area contributed by atoms with Crippen molar-refractivity contribution >= 4 is 28.9 Å². The van der Waals surface area contributed by atoms with Gasteiger partial charge in [0.15, 0.2) is 5.75 Å². The van der Waals surface area contributed by atoms with Gasteiger partial charge in [0.25, 0.3) is 0 Å². The molecule has 0 aliphatic carbocycles. The second-order valence-electron chi connectivity index (χ2n) is 4.70. The van der Waals surface area contributed by atoms with Crippen LogP contribution in [-0.2, 0) is 12.7 Å². The van der Waals surface area contributed by atoms with Crippen molar-refractivity contribution in [1.29, 1.82) is 0 Å². The summed E-state index contributed by atoms with van der Waals surface area (Å²) >= 11 is 11.9. The summed E-state index contributed by atoms with van der Waals surface area (Å²) < 4.78 is 38.7. The highest BCUT2D eigenvalue weighted by molar-refractivity contribution is 6.37. The van der Waals surface area contributed by atoms with Crippen molar-refractivity contribution in [3.8, 4) is 5.75 Å². The van der Waals surface area contributed by atoms with Gasteiger partial charge in [0, 0.05) is 11.6 Å². The minimum absolute atomic E-state index is 0.0576. The molecule has 2 N–H and O–H groups in total. The summed E-state index contributed by atoms with van der Waals surface area (Å²) in [5.41, 5.74) is 0.00756. The van der Waals surface area contributed by atoms with Gasteiger partial charge in [-0.2, -0.15) is 13.2 Å². The van der Waals surface area contributed by atoms with E-state index in [2.05, 4.69) is 5.32 Å². The Labute approximate surface area is 135 Å². The zero-order valence-electron chi connectivity index (χ0n) is 11.4. The van der Waals surface area contributed by atoms with Gasteiger partial charge < -0.3 is 10.4 Å². The molecule has 0 atom stereocenters. The van der Waals surface area contributed by atoms with E-state index in [-0.39, 0.29) is 28.6 Å². The Hall–Kier alpha value is -1.59. The number of halogens is 5. The van der Waals surface area contributed by atoms with Crippen LogP contribution in [0, 0.1) is 6.92 Å². The highest BCUT2D eigenvalue weighted by Gasteiger charge is 2.32. The maximum absolute atomic E-state index is 12.9. The van der Waals surface area contributed by atoms with Crippen LogP contribution in [0.4, 0.5) is 18.9 Å². The lowest BCUT2D eigenvalue weighted by molar-refractivity contribution is -0.138. The maximum atomic E-state index is 12.9. The maximum Gasteiger partial charge on any atom is 0.416 e. The van der Waals surface area contributed by atoms with Crippen molar-refractivity contribution in [3.05, 3.63) is 57.1 Å². The lowest BCUT2D eigenvalue weighted by Gasteiger charge is -2.15. The average Bonchev–Trinajstić information content (AvgIpc) is 2.47. The molecule has 0 unspecified atom stereocenters. The van der Waals surface area contributed by atoms with Gasteiger partial charge in [0.05, 0.1) is 16.3 Å². The van der Waals surface area contributed by atoms with Crippen LogP contribution in [0.2, 0.25) is 10.0 Å². The molecule has 22 heavy (non-hydrogen) atoms. The third-order valence-electron chi connectivity index (χ3n) is 3.21. The third kappa shape index (κ3) is 3.42. The van der Waals surface area contributed by atoms with Crippen molar-refractivity contribution in [2.45, 2.75) is 19.6 Å². The van der Waals surface area contributed by atoms with Gasteiger partial charge in [-0.25, -0.2) is 0 Å². The fraction of sp³-hybridized carbons (Fsp3) is 0.200. The van der Waals surface area contributed by atoms with E-state index in [0.29, 0.717) is 10.6 Å². The quantitative estimate of drug-likeness (QED) is 0.703. The van der Waals surface area contributed by atoms with Gasteiger partial charge in [-0.3, -0.25) is 0 Å². The predicted octanol–water partition coefficient (Wildman–Crippen LogP) is 5.64. The largest absolute Gasteiger partial charge is 0.504 e. The molecule has 0 fully saturated rings. The van der Waals surface area contributed by atoms with Crippen molar-refractivity contribution in [1.82, 2.24) is 0 Å². The molecule has 7 heteroatoms. The lowest BCUT2D eigenvalue weighted by atomic mass is 10.1. The molecular weight excluding hydrogens is 338 g/mol. The number of phenols is 1. The first-order chi connectivity index (χ1) is 10.2. The molecule has 0 aromatic heterocycles. The Morgan fingerprint density at radius 2 is 1.82 bits per heavy atom. The first-order valence-corrected chi connectivity index (χ1v) is 7.04. The van der Waals surface area contributed by atoms with Crippen LogP contribution in [0.15, 0.2) is 30.3 Å². The molecule has 0 saturated heterocycles. The molecule has 0 amide bonds. The Morgan fingerprint density at radius 1 is 1.18 bits per heavy atom. The molecular formula is C15H12Cl2F3NO. The number of anilines is 1. The first kappa shape index (κ1) is 16.8. The second kappa shape index (κ2) is 6.26. The van der Waals surface area contributed by atoms with Crippen LogP contribution in [0.25, 0.3) is 0 Å². The van der Waals surface area contributed by atoms with E-state index in [4.69, 9.17) is 23.2 Å². The predicted molar refractivity (Wildman–Crippen MR) is 81.6 cm³/mol. The smallest absolute Gasteiger partial charge is 0.416 e.